The van der Waals surface area contributed by atoms with Crippen molar-refractivity contribution in [1.82, 2.24) is 24.9 Å². The highest BCUT2D eigenvalue weighted by atomic mass is 19.1. The van der Waals surface area contributed by atoms with E-state index in [1.165, 1.54) is 18.3 Å². The van der Waals surface area contributed by atoms with E-state index in [4.69, 9.17) is 4.74 Å². The lowest BCUT2D eigenvalue weighted by Crippen LogP contribution is -2.40. The van der Waals surface area contributed by atoms with E-state index in [0.717, 1.165) is 18.4 Å². The molecule has 27 heavy (non-hydrogen) atoms. The second-order valence-electron chi connectivity index (χ2n) is 6.37. The standard InChI is InChI=1S/C19H18FN5O2/c20-15-5-3-14(4-6-15)18-13-25(23-22-18)16-7-10-24(11-8-16)19(26)27-17-2-1-9-21-12-17/h1-6,9,12-13,16H,7-8,10-11H2. The first kappa shape index (κ1) is 17.1. The van der Waals surface area contributed by atoms with Gasteiger partial charge in [-0.3, -0.25) is 4.98 Å². The fourth-order valence-electron chi connectivity index (χ4n) is 3.09. The van der Waals surface area contributed by atoms with E-state index in [-0.39, 0.29) is 18.0 Å². The minimum Gasteiger partial charge on any atom is -0.409 e. The zero-order valence-electron chi connectivity index (χ0n) is 14.5. The molecule has 2 aromatic heterocycles. The van der Waals surface area contributed by atoms with Crippen LogP contribution in [0.25, 0.3) is 11.3 Å². The Bertz CT molecular complexity index is 905. The van der Waals surface area contributed by atoms with Gasteiger partial charge in [0, 0.05) is 24.8 Å². The number of aromatic nitrogens is 4. The van der Waals surface area contributed by atoms with Crippen molar-refractivity contribution in [2.75, 3.05) is 13.1 Å². The topological polar surface area (TPSA) is 73.1 Å². The molecule has 4 rings (SSSR count). The monoisotopic (exact) mass is 367 g/mol. The van der Waals surface area contributed by atoms with Crippen LogP contribution < -0.4 is 4.74 Å². The molecule has 1 amide bonds. The Labute approximate surface area is 155 Å². The minimum atomic E-state index is -0.368. The second kappa shape index (κ2) is 7.53. The highest BCUT2D eigenvalue weighted by Crippen LogP contribution is 2.25. The summed E-state index contributed by atoms with van der Waals surface area (Å²) in [6.45, 7) is 1.16. The number of nitrogens with zero attached hydrogens (tertiary/aromatic N) is 5. The Morgan fingerprint density at radius 3 is 2.63 bits per heavy atom. The molecule has 0 unspecified atom stereocenters. The number of halogens is 1. The van der Waals surface area contributed by atoms with Crippen LogP contribution in [0.5, 0.6) is 5.75 Å². The van der Waals surface area contributed by atoms with Crippen molar-refractivity contribution in [3.8, 4) is 17.0 Å². The van der Waals surface area contributed by atoms with Crippen LogP contribution in [-0.2, 0) is 0 Å². The number of pyridine rings is 1. The van der Waals surface area contributed by atoms with Crippen molar-refractivity contribution in [3.63, 3.8) is 0 Å². The Balaban J connectivity index is 1.35. The Morgan fingerprint density at radius 1 is 1.15 bits per heavy atom. The molecule has 1 saturated heterocycles. The van der Waals surface area contributed by atoms with Crippen LogP contribution in [0.4, 0.5) is 9.18 Å². The van der Waals surface area contributed by atoms with Gasteiger partial charge in [0.05, 0.1) is 18.4 Å². The molecule has 0 atom stereocenters. The molecular weight excluding hydrogens is 349 g/mol. The minimum absolute atomic E-state index is 0.161. The molecule has 0 radical (unpaired) electrons. The average Bonchev–Trinajstić information content (AvgIpc) is 3.20. The number of amides is 1. The second-order valence-corrected chi connectivity index (χ2v) is 6.37. The van der Waals surface area contributed by atoms with Gasteiger partial charge in [-0.2, -0.15) is 0 Å². The van der Waals surface area contributed by atoms with Crippen LogP contribution in [0, 0.1) is 5.82 Å². The van der Waals surface area contributed by atoms with Gasteiger partial charge in [-0.15, -0.1) is 5.10 Å². The van der Waals surface area contributed by atoms with Gasteiger partial charge in [0.15, 0.2) is 5.75 Å². The molecule has 7 nitrogen and oxygen atoms in total. The number of carbonyl (C=O) groups excluding carboxylic acids is 1. The molecule has 1 aliphatic rings. The summed E-state index contributed by atoms with van der Waals surface area (Å²) < 4.78 is 20.2. The van der Waals surface area contributed by atoms with Gasteiger partial charge in [-0.05, 0) is 49.2 Å². The van der Waals surface area contributed by atoms with Gasteiger partial charge < -0.3 is 9.64 Å². The SMILES string of the molecule is O=C(Oc1cccnc1)N1CCC(n2cc(-c3ccc(F)cc3)nn2)CC1. The number of rotatable bonds is 3. The lowest BCUT2D eigenvalue weighted by molar-refractivity contribution is 0.129. The molecule has 0 bridgehead atoms. The first-order valence-corrected chi connectivity index (χ1v) is 8.73. The lowest BCUT2D eigenvalue weighted by atomic mass is 10.1. The van der Waals surface area contributed by atoms with Crippen molar-refractivity contribution in [2.24, 2.45) is 0 Å². The summed E-state index contributed by atoms with van der Waals surface area (Å²) >= 11 is 0. The molecule has 138 valence electrons. The van der Waals surface area contributed by atoms with E-state index in [0.29, 0.717) is 24.5 Å². The van der Waals surface area contributed by atoms with Gasteiger partial charge >= 0.3 is 6.09 Å². The summed E-state index contributed by atoms with van der Waals surface area (Å²) in [5.41, 5.74) is 1.52. The van der Waals surface area contributed by atoms with Crippen LogP contribution in [0.15, 0.2) is 55.0 Å². The number of ether oxygens (including phenoxy) is 1. The average molecular weight is 367 g/mol. The molecule has 1 fully saturated rings. The van der Waals surface area contributed by atoms with Crippen molar-refractivity contribution < 1.29 is 13.9 Å². The summed E-state index contributed by atoms with van der Waals surface area (Å²) in [6, 6.07) is 9.75. The largest absolute Gasteiger partial charge is 0.415 e. The maximum absolute atomic E-state index is 13.1. The number of hydrogen-bond donors (Lipinski definition) is 0. The van der Waals surface area contributed by atoms with E-state index in [1.807, 2.05) is 10.9 Å². The van der Waals surface area contributed by atoms with E-state index < -0.39 is 0 Å². The van der Waals surface area contributed by atoms with Crippen LogP contribution >= 0.6 is 0 Å². The Morgan fingerprint density at radius 2 is 1.93 bits per heavy atom. The van der Waals surface area contributed by atoms with Crippen LogP contribution in [0.2, 0.25) is 0 Å². The summed E-state index contributed by atoms with van der Waals surface area (Å²) in [7, 11) is 0. The third-order valence-corrected chi connectivity index (χ3v) is 4.59. The molecule has 0 aliphatic carbocycles. The molecule has 0 spiro atoms. The maximum Gasteiger partial charge on any atom is 0.415 e. The molecule has 1 aromatic carbocycles. The smallest absolute Gasteiger partial charge is 0.409 e. The quantitative estimate of drug-likeness (QED) is 0.710. The third kappa shape index (κ3) is 3.94. The summed E-state index contributed by atoms with van der Waals surface area (Å²) in [4.78, 5) is 17.9. The van der Waals surface area contributed by atoms with Crippen LogP contribution in [-0.4, -0.2) is 44.1 Å². The predicted molar refractivity (Wildman–Crippen MR) is 95.5 cm³/mol. The summed E-state index contributed by atoms with van der Waals surface area (Å²) in [5.74, 6) is 0.154. The molecule has 3 heterocycles. The fourth-order valence-corrected chi connectivity index (χ4v) is 3.09. The van der Waals surface area contributed by atoms with Gasteiger partial charge in [-0.1, -0.05) is 5.21 Å². The van der Waals surface area contributed by atoms with Crippen molar-refractivity contribution in [3.05, 3.63) is 60.8 Å². The predicted octanol–water partition coefficient (Wildman–Crippen LogP) is 3.32. The number of carbonyl (C=O) groups is 1. The first-order valence-electron chi connectivity index (χ1n) is 8.73. The maximum atomic E-state index is 13.1. The normalized spacial score (nSPS) is 14.9. The number of hydrogen-bond acceptors (Lipinski definition) is 5. The van der Waals surface area contributed by atoms with Crippen LogP contribution in [0.3, 0.4) is 0 Å². The first-order chi connectivity index (χ1) is 13.2. The zero-order chi connectivity index (χ0) is 18.6. The lowest BCUT2D eigenvalue weighted by Gasteiger charge is -2.30. The Hall–Kier alpha value is -3.29. The number of likely N-dealkylation sites (tertiary alicyclic amines) is 1. The highest BCUT2D eigenvalue weighted by molar-refractivity contribution is 5.70. The van der Waals surface area contributed by atoms with Gasteiger partial charge in [0.2, 0.25) is 0 Å². The Kier molecular flexibility index (Phi) is 4.78. The van der Waals surface area contributed by atoms with E-state index in [2.05, 4.69) is 15.3 Å². The molecule has 8 heteroatoms. The van der Waals surface area contributed by atoms with E-state index in [9.17, 15) is 9.18 Å². The molecular formula is C19H18FN5O2. The van der Waals surface area contributed by atoms with Crippen molar-refractivity contribution in [1.29, 1.82) is 0 Å². The molecule has 0 saturated carbocycles. The molecule has 3 aromatic rings. The third-order valence-electron chi connectivity index (χ3n) is 4.59. The highest BCUT2D eigenvalue weighted by Gasteiger charge is 2.26. The zero-order valence-corrected chi connectivity index (χ0v) is 14.5. The number of benzene rings is 1. The molecule has 1 aliphatic heterocycles. The van der Waals surface area contributed by atoms with Gasteiger partial charge in [0.1, 0.15) is 11.5 Å². The van der Waals surface area contributed by atoms with Crippen molar-refractivity contribution >= 4 is 6.09 Å². The summed E-state index contributed by atoms with van der Waals surface area (Å²) in [5, 5.41) is 8.39. The molecule has 0 N–H and O–H groups in total. The summed E-state index contributed by atoms with van der Waals surface area (Å²) in [6.07, 6.45) is 6.15. The fraction of sp³-hybridized carbons (Fsp3) is 0.263. The van der Waals surface area contributed by atoms with Crippen molar-refractivity contribution in [2.45, 2.75) is 18.9 Å². The van der Waals surface area contributed by atoms with Crippen LogP contribution in [0.1, 0.15) is 18.9 Å². The van der Waals surface area contributed by atoms with Gasteiger partial charge in [0.25, 0.3) is 0 Å². The van der Waals surface area contributed by atoms with E-state index >= 15 is 0 Å². The van der Waals surface area contributed by atoms with E-state index in [1.54, 1.807) is 35.4 Å². The van der Waals surface area contributed by atoms with Gasteiger partial charge in [-0.25, -0.2) is 13.9 Å². The number of piperidine rings is 1.